The van der Waals surface area contributed by atoms with Crippen molar-refractivity contribution >= 4 is 0 Å². The summed E-state index contributed by atoms with van der Waals surface area (Å²) in [5.41, 5.74) is 5.73. The Kier molecular flexibility index (Phi) is 2.88. The van der Waals surface area contributed by atoms with Gasteiger partial charge in [-0.05, 0) is 26.9 Å². The Morgan fingerprint density at radius 2 is 2.17 bits per heavy atom. The first-order valence-corrected chi connectivity index (χ1v) is 6.57. The molecular weight excluding hydrogens is 230 g/mol. The fraction of sp³-hybridized carbons (Fsp3) is 0.833. The molecule has 6 nitrogen and oxygen atoms in total. The molecule has 0 spiro atoms. The smallest absolute Gasteiger partial charge is 0.246 e. The predicted molar refractivity (Wildman–Crippen MR) is 67.0 cm³/mol. The van der Waals surface area contributed by atoms with E-state index < -0.39 is 0 Å². The first kappa shape index (κ1) is 12.1. The Bertz CT molecular complexity index is 428. The minimum absolute atomic E-state index is 0.319. The molecule has 0 aromatic carbocycles. The molecule has 1 aliphatic carbocycles. The van der Waals surface area contributed by atoms with Crippen molar-refractivity contribution in [2.24, 2.45) is 5.73 Å². The number of hydrogen-bond donors (Lipinski definition) is 1. The Balaban J connectivity index is 1.66. The van der Waals surface area contributed by atoms with E-state index in [0.717, 1.165) is 44.7 Å². The summed E-state index contributed by atoms with van der Waals surface area (Å²) < 4.78 is 5.28. The zero-order valence-corrected chi connectivity index (χ0v) is 11.1. The number of nitrogens with zero attached hydrogens (tertiary/aromatic N) is 4. The quantitative estimate of drug-likeness (QED) is 0.802. The van der Waals surface area contributed by atoms with Crippen LogP contribution >= 0.6 is 0 Å². The summed E-state index contributed by atoms with van der Waals surface area (Å²) in [4.78, 5) is 9.16. The van der Waals surface area contributed by atoms with E-state index in [-0.39, 0.29) is 5.54 Å². The maximum absolute atomic E-state index is 6.05. The van der Waals surface area contributed by atoms with E-state index in [4.69, 9.17) is 10.3 Å². The van der Waals surface area contributed by atoms with E-state index >= 15 is 0 Å². The molecule has 1 atom stereocenters. The van der Waals surface area contributed by atoms with Crippen LogP contribution in [0.15, 0.2) is 4.52 Å². The monoisotopic (exact) mass is 251 g/mol. The summed E-state index contributed by atoms with van der Waals surface area (Å²) in [6.45, 7) is 3.26. The number of aromatic nitrogens is 2. The van der Waals surface area contributed by atoms with Gasteiger partial charge in [0.05, 0.1) is 5.54 Å². The summed E-state index contributed by atoms with van der Waals surface area (Å²) >= 11 is 0. The molecule has 1 aliphatic heterocycles. The van der Waals surface area contributed by atoms with Gasteiger partial charge in [0.15, 0.2) is 5.82 Å². The molecule has 1 saturated heterocycles. The molecule has 100 valence electrons. The van der Waals surface area contributed by atoms with Crippen molar-refractivity contribution in [2.45, 2.75) is 30.8 Å². The van der Waals surface area contributed by atoms with Crippen LogP contribution in [0.5, 0.6) is 0 Å². The molecule has 3 rings (SSSR count). The average molecular weight is 251 g/mol. The van der Waals surface area contributed by atoms with Crippen LogP contribution in [0, 0.1) is 0 Å². The molecule has 6 heteroatoms. The highest BCUT2D eigenvalue weighted by Crippen LogP contribution is 2.41. The molecule has 1 aromatic heterocycles. The van der Waals surface area contributed by atoms with Crippen LogP contribution in [0.25, 0.3) is 0 Å². The lowest BCUT2D eigenvalue weighted by molar-refractivity contribution is 0.113. The van der Waals surface area contributed by atoms with E-state index in [1.807, 2.05) is 0 Å². The van der Waals surface area contributed by atoms with Crippen LogP contribution in [0.2, 0.25) is 0 Å². The van der Waals surface area contributed by atoms with E-state index in [0.29, 0.717) is 11.9 Å². The van der Waals surface area contributed by atoms with Crippen LogP contribution in [-0.4, -0.2) is 59.7 Å². The Hall–Kier alpha value is -0.980. The van der Waals surface area contributed by atoms with Crippen molar-refractivity contribution in [3.05, 3.63) is 11.7 Å². The molecular formula is C12H21N5O. The molecule has 18 heavy (non-hydrogen) atoms. The third-order valence-corrected chi connectivity index (χ3v) is 4.08. The van der Waals surface area contributed by atoms with Gasteiger partial charge < -0.3 is 20.1 Å². The first-order chi connectivity index (χ1) is 8.57. The van der Waals surface area contributed by atoms with Gasteiger partial charge in [-0.2, -0.15) is 4.98 Å². The van der Waals surface area contributed by atoms with Crippen LogP contribution in [0.3, 0.4) is 0 Å². The van der Waals surface area contributed by atoms with Gasteiger partial charge in [-0.25, -0.2) is 0 Å². The highest BCUT2D eigenvalue weighted by Gasteiger charge is 2.45. The van der Waals surface area contributed by atoms with Gasteiger partial charge in [0.2, 0.25) is 5.89 Å². The van der Waals surface area contributed by atoms with Gasteiger partial charge >= 0.3 is 0 Å². The Morgan fingerprint density at radius 3 is 2.89 bits per heavy atom. The molecule has 1 aromatic rings. The fourth-order valence-corrected chi connectivity index (χ4v) is 2.42. The Labute approximate surface area is 107 Å². The van der Waals surface area contributed by atoms with Crippen molar-refractivity contribution < 1.29 is 4.52 Å². The summed E-state index contributed by atoms with van der Waals surface area (Å²) in [6, 6.07) is 0.460. The number of likely N-dealkylation sites (N-methyl/N-ethyl adjacent to an activating group) is 2. The van der Waals surface area contributed by atoms with Gasteiger partial charge in [0.25, 0.3) is 0 Å². The lowest BCUT2D eigenvalue weighted by atomic mass is 10.1. The minimum Gasteiger partial charge on any atom is -0.337 e. The summed E-state index contributed by atoms with van der Waals surface area (Å²) in [5, 5.41) is 4.06. The van der Waals surface area contributed by atoms with Crippen molar-refractivity contribution in [1.29, 1.82) is 0 Å². The molecule has 1 unspecified atom stereocenters. The first-order valence-electron chi connectivity index (χ1n) is 6.57. The third-order valence-electron chi connectivity index (χ3n) is 4.08. The molecule has 2 N–H and O–H groups in total. The van der Waals surface area contributed by atoms with Crippen LogP contribution in [0.1, 0.15) is 24.6 Å². The molecule has 2 aliphatic rings. The zero-order chi connectivity index (χ0) is 12.8. The van der Waals surface area contributed by atoms with Crippen molar-refractivity contribution in [1.82, 2.24) is 19.9 Å². The molecule has 2 fully saturated rings. The zero-order valence-electron chi connectivity index (χ0n) is 11.1. The highest BCUT2D eigenvalue weighted by molar-refractivity contribution is 5.12. The largest absolute Gasteiger partial charge is 0.337 e. The summed E-state index contributed by atoms with van der Waals surface area (Å²) in [5.74, 6) is 1.40. The van der Waals surface area contributed by atoms with Gasteiger partial charge in [-0.1, -0.05) is 5.16 Å². The maximum atomic E-state index is 6.05. The molecule has 0 bridgehead atoms. The second-order valence-electron chi connectivity index (χ2n) is 5.77. The third kappa shape index (κ3) is 2.28. The molecule has 0 radical (unpaired) electrons. The van der Waals surface area contributed by atoms with E-state index in [9.17, 15) is 0 Å². The van der Waals surface area contributed by atoms with Crippen molar-refractivity contribution in [3.8, 4) is 0 Å². The topological polar surface area (TPSA) is 71.4 Å². The van der Waals surface area contributed by atoms with E-state index in [2.05, 4.69) is 34.0 Å². The highest BCUT2D eigenvalue weighted by atomic mass is 16.5. The second-order valence-corrected chi connectivity index (χ2v) is 5.77. The van der Waals surface area contributed by atoms with Crippen molar-refractivity contribution in [3.63, 3.8) is 0 Å². The molecule has 1 saturated carbocycles. The second kappa shape index (κ2) is 4.29. The normalized spacial score (nSPS) is 28.5. The van der Waals surface area contributed by atoms with Crippen LogP contribution in [-0.2, 0) is 12.0 Å². The van der Waals surface area contributed by atoms with Gasteiger partial charge in [-0.3, -0.25) is 0 Å². The van der Waals surface area contributed by atoms with E-state index in [1.54, 1.807) is 0 Å². The van der Waals surface area contributed by atoms with Gasteiger partial charge in [-0.15, -0.1) is 0 Å². The lowest BCUT2D eigenvalue weighted by Gasteiger charge is -2.37. The predicted octanol–water partition coefficient (Wildman–Crippen LogP) is -0.194. The van der Waals surface area contributed by atoms with Gasteiger partial charge in [0, 0.05) is 32.1 Å². The van der Waals surface area contributed by atoms with E-state index in [1.165, 1.54) is 0 Å². The number of hydrogen-bond acceptors (Lipinski definition) is 6. The number of piperazine rings is 1. The summed E-state index contributed by atoms with van der Waals surface area (Å²) in [7, 11) is 4.31. The minimum atomic E-state index is -0.319. The Morgan fingerprint density at radius 1 is 1.39 bits per heavy atom. The average Bonchev–Trinajstić information content (AvgIpc) is 2.90. The number of nitrogens with two attached hydrogens (primary N) is 1. The van der Waals surface area contributed by atoms with Crippen LogP contribution in [0.4, 0.5) is 0 Å². The summed E-state index contributed by atoms with van der Waals surface area (Å²) in [6.07, 6.45) is 2.75. The van der Waals surface area contributed by atoms with Crippen molar-refractivity contribution in [2.75, 3.05) is 33.7 Å². The van der Waals surface area contributed by atoms with Crippen LogP contribution < -0.4 is 5.73 Å². The SMILES string of the molecule is CN1CCN(C)C(Cc2noc(C3(N)CC3)n2)C1. The molecule has 2 heterocycles. The standard InChI is InChI=1S/C12H21N5O/c1-16-5-6-17(2)9(8-16)7-10-14-11(18-15-10)12(13)3-4-12/h9H,3-8,13H2,1-2H3. The lowest BCUT2D eigenvalue weighted by Crippen LogP contribution is -2.50. The maximum Gasteiger partial charge on any atom is 0.246 e. The number of rotatable bonds is 3. The van der Waals surface area contributed by atoms with Gasteiger partial charge in [0.1, 0.15) is 0 Å². The molecule has 0 amide bonds. The fourth-order valence-electron chi connectivity index (χ4n) is 2.42.